The number of nitrogens with zero attached hydrogens (tertiary/aromatic N) is 2. The van der Waals surface area contributed by atoms with E-state index in [4.69, 9.17) is 34.3 Å². The second-order valence-electron chi connectivity index (χ2n) is 8.04. The second kappa shape index (κ2) is 9.89. The van der Waals surface area contributed by atoms with Gasteiger partial charge in [-0.25, -0.2) is 0 Å². The Labute approximate surface area is 206 Å². The van der Waals surface area contributed by atoms with Gasteiger partial charge >= 0.3 is 0 Å². The lowest BCUT2D eigenvalue weighted by molar-refractivity contribution is 0.0940. The van der Waals surface area contributed by atoms with Gasteiger partial charge in [0.15, 0.2) is 5.75 Å². The predicted molar refractivity (Wildman–Crippen MR) is 133 cm³/mol. The molecule has 3 aromatic rings. The van der Waals surface area contributed by atoms with Gasteiger partial charge in [0.1, 0.15) is 5.84 Å². The third-order valence-electron chi connectivity index (χ3n) is 5.76. The van der Waals surface area contributed by atoms with Gasteiger partial charge in [-0.2, -0.15) is 0 Å². The van der Waals surface area contributed by atoms with E-state index in [9.17, 15) is 15.0 Å². The number of aliphatic hydroxyl groups is 1. The number of halogens is 2. The molecule has 0 saturated carbocycles. The summed E-state index contributed by atoms with van der Waals surface area (Å²) in [6, 6.07) is 10.1. The van der Waals surface area contributed by atoms with Gasteiger partial charge in [-0.15, -0.1) is 0 Å². The Kier molecular flexibility index (Phi) is 6.92. The Morgan fingerprint density at radius 1 is 1.18 bits per heavy atom. The monoisotopic (exact) mass is 499 g/mol. The first-order valence-corrected chi connectivity index (χ1v) is 11.3. The molecule has 0 bridgehead atoms. The summed E-state index contributed by atoms with van der Waals surface area (Å²) in [5.74, 6) is -0.758. The number of nitrogens with one attached hydrogen (secondary N) is 2. The van der Waals surface area contributed by atoms with Crippen LogP contribution in [0.15, 0.2) is 48.8 Å². The number of hydrogen-bond donors (Lipinski definition) is 5. The number of carbonyl (C=O) groups excluding carboxylic acids is 1. The number of nitrogens with two attached hydrogens (primary N) is 1. The van der Waals surface area contributed by atoms with Crippen molar-refractivity contribution in [1.82, 2.24) is 10.3 Å². The van der Waals surface area contributed by atoms with Crippen LogP contribution in [-0.2, 0) is 6.61 Å². The number of nitrogen functional groups attached to an aromatic ring is 1. The number of aromatic nitrogens is 1. The number of rotatable bonds is 6. The standard InChI is InChI=1S/C24H23Cl2N5O3/c25-18-3-4-20(22(33)21(18)23(27)28)31-6-5-16(11-31)30-24(34)17-2-1-14(8-19(17)26)15-7-13(12-32)9-29-10-15/h1-4,7-10,16,32-33H,5-6,11-12H2,(H3,27,28)(H,30,34). The topological polar surface area (TPSA) is 136 Å². The number of amidine groups is 1. The molecule has 0 aliphatic carbocycles. The predicted octanol–water partition coefficient (Wildman–Crippen LogP) is 3.55. The third kappa shape index (κ3) is 4.79. The lowest BCUT2D eigenvalue weighted by atomic mass is 10.0. The maximum absolute atomic E-state index is 12.9. The average Bonchev–Trinajstić information content (AvgIpc) is 3.26. The molecule has 1 aromatic heterocycles. The van der Waals surface area contributed by atoms with E-state index in [0.29, 0.717) is 41.3 Å². The summed E-state index contributed by atoms with van der Waals surface area (Å²) < 4.78 is 0. The lowest BCUT2D eigenvalue weighted by Crippen LogP contribution is -2.37. The molecular formula is C24H23Cl2N5O3. The van der Waals surface area contributed by atoms with E-state index in [1.54, 1.807) is 42.7 Å². The fourth-order valence-corrected chi connectivity index (χ4v) is 4.56. The number of phenolic OH excluding ortho intramolecular Hbond substituents is 1. The average molecular weight is 500 g/mol. The highest BCUT2D eigenvalue weighted by molar-refractivity contribution is 6.35. The molecule has 34 heavy (non-hydrogen) atoms. The molecule has 4 rings (SSSR count). The first-order valence-electron chi connectivity index (χ1n) is 10.5. The van der Waals surface area contributed by atoms with E-state index in [1.807, 2.05) is 11.0 Å². The molecule has 0 radical (unpaired) electrons. The molecule has 10 heteroatoms. The number of benzene rings is 2. The van der Waals surface area contributed by atoms with Gasteiger partial charge < -0.3 is 26.2 Å². The van der Waals surface area contributed by atoms with Crippen molar-refractivity contribution in [3.8, 4) is 16.9 Å². The Morgan fingerprint density at radius 2 is 1.97 bits per heavy atom. The zero-order valence-electron chi connectivity index (χ0n) is 18.1. The molecule has 8 nitrogen and oxygen atoms in total. The Balaban J connectivity index is 1.46. The highest BCUT2D eigenvalue weighted by Crippen LogP contribution is 2.37. The van der Waals surface area contributed by atoms with Crippen LogP contribution in [-0.4, -0.2) is 46.1 Å². The van der Waals surface area contributed by atoms with Crippen LogP contribution >= 0.6 is 23.2 Å². The van der Waals surface area contributed by atoms with Crippen molar-refractivity contribution in [2.75, 3.05) is 18.0 Å². The van der Waals surface area contributed by atoms with Crippen molar-refractivity contribution in [2.45, 2.75) is 19.1 Å². The number of anilines is 1. The minimum Gasteiger partial charge on any atom is -0.505 e. The molecule has 1 atom stereocenters. The van der Waals surface area contributed by atoms with E-state index >= 15 is 0 Å². The molecule has 176 valence electrons. The molecule has 1 fully saturated rings. The van der Waals surface area contributed by atoms with Crippen molar-refractivity contribution in [2.24, 2.45) is 5.73 Å². The summed E-state index contributed by atoms with van der Waals surface area (Å²) >= 11 is 12.5. The number of aliphatic hydroxyl groups excluding tert-OH is 1. The molecule has 1 amide bonds. The number of phenols is 1. The highest BCUT2D eigenvalue weighted by atomic mass is 35.5. The smallest absolute Gasteiger partial charge is 0.253 e. The van der Waals surface area contributed by atoms with Crippen LogP contribution in [0.5, 0.6) is 5.75 Å². The maximum atomic E-state index is 12.9. The summed E-state index contributed by atoms with van der Waals surface area (Å²) in [4.78, 5) is 18.9. The van der Waals surface area contributed by atoms with Crippen LogP contribution in [0, 0.1) is 5.41 Å². The van der Waals surface area contributed by atoms with Crippen molar-refractivity contribution >= 4 is 40.6 Å². The number of pyridine rings is 1. The molecular weight excluding hydrogens is 477 g/mol. The molecule has 2 heterocycles. The fourth-order valence-electron chi connectivity index (χ4n) is 4.04. The SMILES string of the molecule is N=C(N)c1c(Cl)ccc(N2CCC(NC(=O)c3ccc(-c4cncc(CO)c4)cc3Cl)C2)c1O. The molecule has 1 aliphatic rings. The first kappa shape index (κ1) is 23.8. The van der Waals surface area contributed by atoms with Gasteiger partial charge in [-0.1, -0.05) is 29.3 Å². The normalized spacial score (nSPS) is 15.4. The van der Waals surface area contributed by atoms with Crippen molar-refractivity contribution in [3.05, 3.63) is 75.5 Å². The van der Waals surface area contributed by atoms with Crippen LogP contribution < -0.4 is 16.0 Å². The van der Waals surface area contributed by atoms with Gasteiger partial charge in [-0.3, -0.25) is 15.2 Å². The molecule has 1 saturated heterocycles. The second-order valence-corrected chi connectivity index (χ2v) is 8.86. The minimum absolute atomic E-state index is 0.0956. The van der Waals surface area contributed by atoms with E-state index < -0.39 is 0 Å². The third-order valence-corrected chi connectivity index (χ3v) is 6.39. The highest BCUT2D eigenvalue weighted by Gasteiger charge is 2.28. The molecule has 1 aliphatic heterocycles. The van der Waals surface area contributed by atoms with Gasteiger partial charge in [0.2, 0.25) is 0 Å². The van der Waals surface area contributed by atoms with Gasteiger partial charge in [0.25, 0.3) is 5.91 Å². The van der Waals surface area contributed by atoms with Crippen LogP contribution in [0.3, 0.4) is 0 Å². The van der Waals surface area contributed by atoms with E-state index in [0.717, 1.165) is 11.1 Å². The van der Waals surface area contributed by atoms with Crippen molar-refractivity contribution < 1.29 is 15.0 Å². The molecule has 2 aromatic carbocycles. The van der Waals surface area contributed by atoms with Crippen LogP contribution in [0.2, 0.25) is 10.0 Å². The van der Waals surface area contributed by atoms with Gasteiger partial charge in [0, 0.05) is 37.1 Å². The zero-order chi connectivity index (χ0) is 24.4. The fraction of sp³-hybridized carbons (Fsp3) is 0.208. The van der Waals surface area contributed by atoms with Crippen molar-refractivity contribution in [3.63, 3.8) is 0 Å². The van der Waals surface area contributed by atoms with Crippen molar-refractivity contribution in [1.29, 1.82) is 5.41 Å². The van der Waals surface area contributed by atoms with Crippen LogP contribution in [0.1, 0.15) is 27.9 Å². The van der Waals surface area contributed by atoms with Crippen LogP contribution in [0.4, 0.5) is 5.69 Å². The number of aromatic hydroxyl groups is 1. The minimum atomic E-state index is -0.314. The number of hydrogen-bond acceptors (Lipinski definition) is 6. The molecule has 6 N–H and O–H groups in total. The maximum Gasteiger partial charge on any atom is 0.253 e. The quantitative estimate of drug-likeness (QED) is 0.260. The van der Waals surface area contributed by atoms with Crippen LogP contribution in [0.25, 0.3) is 11.1 Å². The Hall–Kier alpha value is -3.33. The Bertz CT molecular complexity index is 1270. The number of amides is 1. The van der Waals surface area contributed by atoms with Gasteiger partial charge in [0.05, 0.1) is 33.5 Å². The van der Waals surface area contributed by atoms with E-state index in [1.165, 1.54) is 0 Å². The van der Waals surface area contributed by atoms with E-state index in [-0.39, 0.29) is 40.7 Å². The largest absolute Gasteiger partial charge is 0.505 e. The summed E-state index contributed by atoms with van der Waals surface area (Å²) in [6.45, 7) is 0.948. The summed E-state index contributed by atoms with van der Waals surface area (Å²) in [5.41, 5.74) is 8.77. The first-order chi connectivity index (χ1) is 16.3. The molecule has 0 spiro atoms. The Morgan fingerprint density at radius 3 is 2.68 bits per heavy atom. The lowest BCUT2D eigenvalue weighted by Gasteiger charge is -2.22. The zero-order valence-corrected chi connectivity index (χ0v) is 19.6. The van der Waals surface area contributed by atoms with E-state index in [2.05, 4.69) is 10.3 Å². The summed E-state index contributed by atoms with van der Waals surface area (Å²) in [6.07, 6.45) is 3.92. The molecule has 1 unspecified atom stereocenters. The summed E-state index contributed by atoms with van der Waals surface area (Å²) in [7, 11) is 0. The van der Waals surface area contributed by atoms with Gasteiger partial charge in [-0.05, 0) is 47.9 Å². The summed E-state index contributed by atoms with van der Waals surface area (Å²) in [5, 5.41) is 31.0. The number of carbonyl (C=O) groups is 1.